The van der Waals surface area contributed by atoms with Crippen molar-refractivity contribution in [3.05, 3.63) is 45.9 Å². The number of carbonyl (C=O) groups excluding carboxylic acids is 2. The lowest BCUT2D eigenvalue weighted by Crippen LogP contribution is -2.19. The van der Waals surface area contributed by atoms with E-state index in [0.717, 1.165) is 5.69 Å². The van der Waals surface area contributed by atoms with Gasteiger partial charge in [-0.1, -0.05) is 23.2 Å². The molecule has 2 N–H and O–H groups in total. The smallest absolute Gasteiger partial charge is 0.244 e. The van der Waals surface area contributed by atoms with Crippen molar-refractivity contribution >= 4 is 34.8 Å². The third-order valence-corrected chi connectivity index (χ3v) is 2.64. The van der Waals surface area contributed by atoms with Gasteiger partial charge in [0, 0.05) is 18.6 Å². The molecule has 0 saturated heterocycles. The highest BCUT2D eigenvalue weighted by Gasteiger charge is 2.32. The average Bonchev–Trinajstić information content (AvgIpc) is 2.42. The van der Waals surface area contributed by atoms with Crippen LogP contribution in [0.1, 0.15) is 5.69 Å². The number of hydrogen-bond donors (Lipinski definition) is 2. The lowest BCUT2D eigenvalue weighted by atomic mass is 10.1. The molecule has 8 heteroatoms. The van der Waals surface area contributed by atoms with Crippen LogP contribution in [0.2, 0.25) is 0 Å². The standard InChI is InChI=1S/C6H2Cl2O4.C5H6N2/c7-1-3(9)5(11)2(8)6(12)4(1)10;1-5-4-6-2-3-7-5/h9,12H;2-4H,1H3. The number of carbonyl (C=O) groups is 2. The summed E-state index contributed by atoms with van der Waals surface area (Å²) < 4.78 is 0. The summed E-state index contributed by atoms with van der Waals surface area (Å²) >= 11 is 10.4. The first kappa shape index (κ1) is 15.1. The molecule has 1 aromatic heterocycles. The molecule has 1 heterocycles. The zero-order valence-electron chi connectivity index (χ0n) is 9.59. The van der Waals surface area contributed by atoms with Crippen LogP contribution in [0.4, 0.5) is 0 Å². The SMILES string of the molecule is Cc1cnccn1.O=C1C(O)=C(Cl)C(=O)C(O)=C1Cl. The molecule has 1 aromatic rings. The van der Waals surface area contributed by atoms with E-state index in [9.17, 15) is 9.59 Å². The molecule has 1 aliphatic rings. The van der Waals surface area contributed by atoms with E-state index >= 15 is 0 Å². The van der Waals surface area contributed by atoms with Crippen LogP contribution in [0.15, 0.2) is 40.2 Å². The number of allylic oxidation sites excluding steroid dienone is 2. The number of aromatic nitrogens is 2. The van der Waals surface area contributed by atoms with Gasteiger partial charge in [-0.3, -0.25) is 19.6 Å². The van der Waals surface area contributed by atoms with Gasteiger partial charge in [-0.05, 0) is 6.92 Å². The Morgan fingerprint density at radius 2 is 1.47 bits per heavy atom. The zero-order valence-corrected chi connectivity index (χ0v) is 11.1. The summed E-state index contributed by atoms with van der Waals surface area (Å²) in [6, 6.07) is 0. The van der Waals surface area contributed by atoms with Gasteiger partial charge in [0.05, 0.1) is 5.69 Å². The Morgan fingerprint density at radius 1 is 1.00 bits per heavy atom. The van der Waals surface area contributed by atoms with Crippen LogP contribution in [0.5, 0.6) is 0 Å². The number of nitrogens with zero attached hydrogens (tertiary/aromatic N) is 2. The molecule has 100 valence electrons. The molecular weight excluding hydrogens is 295 g/mol. The van der Waals surface area contributed by atoms with Gasteiger partial charge < -0.3 is 10.2 Å². The van der Waals surface area contributed by atoms with Crippen LogP contribution in [-0.2, 0) is 9.59 Å². The van der Waals surface area contributed by atoms with E-state index in [-0.39, 0.29) is 0 Å². The molecule has 0 spiro atoms. The quantitative estimate of drug-likeness (QED) is 0.710. The van der Waals surface area contributed by atoms with Crippen LogP contribution in [-0.4, -0.2) is 31.7 Å². The molecule has 2 rings (SSSR count). The first-order valence-electron chi connectivity index (χ1n) is 4.85. The highest BCUT2D eigenvalue weighted by molar-refractivity contribution is 6.55. The number of Topliss-reactive ketones (excluding diaryl/α,β-unsaturated/α-hetero) is 2. The molecule has 0 amide bonds. The number of ketones is 2. The summed E-state index contributed by atoms with van der Waals surface area (Å²) in [5.74, 6) is -3.99. The number of aryl methyl sites for hydroxylation is 1. The molecule has 0 unspecified atom stereocenters. The first-order chi connectivity index (χ1) is 8.86. The topological polar surface area (TPSA) is 100 Å². The Hall–Kier alpha value is -1.92. The van der Waals surface area contributed by atoms with Crippen molar-refractivity contribution in [3.8, 4) is 0 Å². The van der Waals surface area contributed by atoms with Crippen LogP contribution < -0.4 is 0 Å². The molecule has 0 aromatic carbocycles. The maximum atomic E-state index is 10.8. The van der Waals surface area contributed by atoms with Gasteiger partial charge in [0.1, 0.15) is 10.1 Å². The number of aliphatic hydroxyl groups is 2. The fourth-order valence-electron chi connectivity index (χ4n) is 0.996. The molecule has 0 fully saturated rings. The maximum absolute atomic E-state index is 10.8. The minimum absolute atomic E-state index is 0.720. The summed E-state index contributed by atoms with van der Waals surface area (Å²) in [4.78, 5) is 29.3. The highest BCUT2D eigenvalue weighted by Crippen LogP contribution is 2.26. The lowest BCUT2D eigenvalue weighted by molar-refractivity contribution is -0.119. The van der Waals surface area contributed by atoms with E-state index in [0.29, 0.717) is 0 Å². The van der Waals surface area contributed by atoms with Crippen molar-refractivity contribution in [2.24, 2.45) is 0 Å². The Bertz CT molecular complexity index is 520. The Morgan fingerprint density at radius 3 is 1.74 bits per heavy atom. The number of rotatable bonds is 0. The van der Waals surface area contributed by atoms with E-state index in [1.165, 1.54) is 0 Å². The van der Waals surface area contributed by atoms with E-state index in [2.05, 4.69) is 9.97 Å². The van der Waals surface area contributed by atoms with Crippen LogP contribution >= 0.6 is 23.2 Å². The summed E-state index contributed by atoms with van der Waals surface area (Å²) in [6.07, 6.45) is 5.06. The Kier molecular flexibility index (Phi) is 5.02. The molecule has 6 nitrogen and oxygen atoms in total. The summed E-state index contributed by atoms with van der Waals surface area (Å²) in [6.45, 7) is 1.91. The molecule has 1 aliphatic carbocycles. The number of halogens is 2. The van der Waals surface area contributed by atoms with Crippen molar-refractivity contribution in [2.45, 2.75) is 6.92 Å². The van der Waals surface area contributed by atoms with E-state index < -0.39 is 33.1 Å². The summed E-state index contributed by atoms with van der Waals surface area (Å²) in [5, 5.41) is 16.3. The molecule has 0 bridgehead atoms. The van der Waals surface area contributed by atoms with Crippen LogP contribution in [0.25, 0.3) is 0 Å². The van der Waals surface area contributed by atoms with Crippen molar-refractivity contribution in [3.63, 3.8) is 0 Å². The van der Waals surface area contributed by atoms with E-state index in [4.69, 9.17) is 33.4 Å². The fraction of sp³-hybridized carbons (Fsp3) is 0.0909. The minimum Gasteiger partial charge on any atom is -0.503 e. The average molecular weight is 303 g/mol. The minimum atomic E-state index is -1.06. The zero-order chi connectivity index (χ0) is 14.6. The van der Waals surface area contributed by atoms with E-state index in [1.807, 2.05) is 6.92 Å². The largest absolute Gasteiger partial charge is 0.503 e. The van der Waals surface area contributed by atoms with Crippen molar-refractivity contribution in [2.75, 3.05) is 0 Å². The number of aliphatic hydroxyl groups excluding tert-OH is 2. The molecule has 0 atom stereocenters. The third kappa shape index (κ3) is 3.52. The predicted molar refractivity (Wildman–Crippen MR) is 67.8 cm³/mol. The monoisotopic (exact) mass is 302 g/mol. The molecular formula is C11H8Cl2N2O4. The predicted octanol–water partition coefficient (Wildman–Crippen LogP) is 1.94. The Labute approximate surface area is 118 Å². The second-order valence-corrected chi connectivity index (χ2v) is 4.09. The summed E-state index contributed by atoms with van der Waals surface area (Å²) in [5.41, 5.74) is 0.961. The highest BCUT2D eigenvalue weighted by atomic mass is 35.5. The fourth-order valence-corrected chi connectivity index (χ4v) is 1.35. The van der Waals surface area contributed by atoms with E-state index in [1.54, 1.807) is 18.6 Å². The van der Waals surface area contributed by atoms with Gasteiger partial charge in [0.15, 0.2) is 11.5 Å². The second kappa shape index (κ2) is 6.31. The molecule has 0 aliphatic heterocycles. The van der Waals surface area contributed by atoms with Gasteiger partial charge in [0.2, 0.25) is 11.6 Å². The number of hydrogen-bond acceptors (Lipinski definition) is 6. The Balaban J connectivity index is 0.000000218. The van der Waals surface area contributed by atoms with Gasteiger partial charge in [-0.15, -0.1) is 0 Å². The first-order valence-corrected chi connectivity index (χ1v) is 5.61. The lowest BCUT2D eigenvalue weighted by Gasteiger charge is -2.08. The molecule has 19 heavy (non-hydrogen) atoms. The van der Waals surface area contributed by atoms with Gasteiger partial charge in [-0.25, -0.2) is 0 Å². The molecule has 0 saturated carbocycles. The third-order valence-electron chi connectivity index (χ3n) is 1.94. The normalized spacial score (nSPS) is 15.3. The van der Waals surface area contributed by atoms with Crippen molar-refractivity contribution < 1.29 is 19.8 Å². The van der Waals surface area contributed by atoms with Gasteiger partial charge >= 0.3 is 0 Å². The summed E-state index contributed by atoms with van der Waals surface area (Å²) in [7, 11) is 0. The van der Waals surface area contributed by atoms with Crippen LogP contribution in [0.3, 0.4) is 0 Å². The van der Waals surface area contributed by atoms with Gasteiger partial charge in [0.25, 0.3) is 0 Å². The second-order valence-electron chi connectivity index (χ2n) is 3.33. The van der Waals surface area contributed by atoms with Crippen molar-refractivity contribution in [1.82, 2.24) is 9.97 Å². The molecule has 0 radical (unpaired) electrons. The van der Waals surface area contributed by atoms with Crippen molar-refractivity contribution in [1.29, 1.82) is 0 Å². The maximum Gasteiger partial charge on any atom is 0.244 e. The van der Waals surface area contributed by atoms with Gasteiger partial charge in [-0.2, -0.15) is 0 Å². The van der Waals surface area contributed by atoms with Crippen LogP contribution in [0, 0.1) is 6.92 Å².